The van der Waals surface area contributed by atoms with Crippen LogP contribution in [-0.4, -0.2) is 23.9 Å². The van der Waals surface area contributed by atoms with Crippen molar-refractivity contribution in [3.8, 4) is 0 Å². The summed E-state index contributed by atoms with van der Waals surface area (Å²) in [5, 5.41) is 0. The molecule has 0 aromatic heterocycles. The number of hydrogen-bond donors (Lipinski definition) is 0. The van der Waals surface area contributed by atoms with Crippen molar-refractivity contribution in [1.29, 1.82) is 0 Å². The van der Waals surface area contributed by atoms with Gasteiger partial charge in [0.25, 0.3) is 0 Å². The molecule has 0 unspecified atom stereocenters. The van der Waals surface area contributed by atoms with E-state index in [-0.39, 0.29) is 23.9 Å². The van der Waals surface area contributed by atoms with Crippen molar-refractivity contribution in [2.45, 2.75) is 5.88 Å². The van der Waals surface area contributed by atoms with Crippen molar-refractivity contribution in [2.75, 3.05) is 0 Å². The molecule has 0 saturated carbocycles. The zero-order valence-corrected chi connectivity index (χ0v) is 8.58. The maximum atomic E-state index is 5.53. The smallest absolute Gasteiger partial charge is 0.0474 e. The Labute approximate surface area is 77.2 Å². The Morgan fingerprint density at radius 3 is 2.00 bits per heavy atom. The first kappa shape index (κ1) is 9.31. The van der Waals surface area contributed by atoms with Gasteiger partial charge in [0.15, 0.2) is 0 Å². The minimum absolute atomic E-state index is 0. The van der Waals surface area contributed by atoms with Crippen molar-refractivity contribution in [2.24, 2.45) is 0 Å². The number of hydrogen-bond acceptors (Lipinski definition) is 0. The molecule has 0 amide bonds. The Balaban J connectivity index is 0.000000640. The van der Waals surface area contributed by atoms with E-state index in [2.05, 4.69) is 0 Å². The third kappa shape index (κ3) is 3.11. The zero-order valence-electron chi connectivity index (χ0n) is 4.97. The second-order valence-corrected chi connectivity index (χ2v) is 1.89. The Morgan fingerprint density at radius 2 is 1.67 bits per heavy atom. The molecule has 9 heavy (non-hydrogen) atoms. The van der Waals surface area contributed by atoms with Gasteiger partial charge in [0.05, 0.1) is 0 Å². The topological polar surface area (TPSA) is 0 Å². The SMILES string of the molecule is ClCc1ccccc1.[Sn]. The molecule has 1 rings (SSSR count). The minimum Gasteiger partial charge on any atom is -0.122 e. The van der Waals surface area contributed by atoms with Gasteiger partial charge in [0, 0.05) is 29.8 Å². The van der Waals surface area contributed by atoms with Crippen molar-refractivity contribution in [3.05, 3.63) is 35.9 Å². The van der Waals surface area contributed by atoms with Gasteiger partial charge in [-0.1, -0.05) is 30.3 Å². The van der Waals surface area contributed by atoms with Crippen LogP contribution < -0.4 is 0 Å². The van der Waals surface area contributed by atoms with Gasteiger partial charge >= 0.3 is 0 Å². The molecule has 46 valence electrons. The van der Waals surface area contributed by atoms with E-state index in [0.29, 0.717) is 5.88 Å². The molecule has 0 bridgehead atoms. The minimum atomic E-state index is 0. The Bertz CT molecular complexity index is 150. The number of benzene rings is 1. The van der Waals surface area contributed by atoms with Gasteiger partial charge in [-0.25, -0.2) is 0 Å². The summed E-state index contributed by atoms with van der Waals surface area (Å²) in [4.78, 5) is 0. The van der Waals surface area contributed by atoms with E-state index in [9.17, 15) is 0 Å². The average Bonchev–Trinajstić information content (AvgIpc) is 1.90. The Hall–Kier alpha value is 0.309. The predicted molar refractivity (Wildman–Crippen MR) is 41.8 cm³/mol. The van der Waals surface area contributed by atoms with Crippen LogP contribution in [0.15, 0.2) is 30.3 Å². The molecular weight excluding hydrogens is 238 g/mol. The first-order valence-electron chi connectivity index (χ1n) is 2.53. The van der Waals surface area contributed by atoms with Crippen LogP contribution >= 0.6 is 11.6 Å². The first-order valence-corrected chi connectivity index (χ1v) is 3.07. The molecule has 0 fully saturated rings. The zero-order chi connectivity index (χ0) is 5.82. The second kappa shape index (κ2) is 5.12. The molecule has 0 aliphatic rings. The standard InChI is InChI=1S/C7H7Cl.Sn/c8-6-7-4-2-1-3-5-7;/h1-5H,6H2;. The van der Waals surface area contributed by atoms with Crippen molar-refractivity contribution < 1.29 is 0 Å². The van der Waals surface area contributed by atoms with Crippen molar-refractivity contribution in [1.82, 2.24) is 0 Å². The summed E-state index contributed by atoms with van der Waals surface area (Å²) >= 11 is 5.53. The molecule has 0 saturated heterocycles. The summed E-state index contributed by atoms with van der Waals surface area (Å²) in [5.74, 6) is 0.612. The van der Waals surface area contributed by atoms with Crippen LogP contribution in [0.2, 0.25) is 0 Å². The fourth-order valence-electron chi connectivity index (χ4n) is 0.567. The van der Waals surface area contributed by atoms with Crippen LogP contribution in [0.4, 0.5) is 0 Å². The fourth-order valence-corrected chi connectivity index (χ4v) is 0.745. The molecule has 0 heterocycles. The molecule has 1 aromatic rings. The summed E-state index contributed by atoms with van der Waals surface area (Å²) in [6.07, 6.45) is 0. The van der Waals surface area contributed by atoms with E-state index in [0.717, 1.165) is 0 Å². The van der Waals surface area contributed by atoms with Crippen LogP contribution in [-0.2, 0) is 5.88 Å². The van der Waals surface area contributed by atoms with Gasteiger partial charge in [0.1, 0.15) is 0 Å². The fraction of sp³-hybridized carbons (Fsp3) is 0.143. The largest absolute Gasteiger partial charge is 0.122 e. The summed E-state index contributed by atoms with van der Waals surface area (Å²) in [6, 6.07) is 9.96. The summed E-state index contributed by atoms with van der Waals surface area (Å²) < 4.78 is 0. The van der Waals surface area contributed by atoms with Crippen LogP contribution in [0, 0.1) is 0 Å². The van der Waals surface area contributed by atoms with E-state index < -0.39 is 0 Å². The maximum absolute atomic E-state index is 5.53. The number of rotatable bonds is 1. The molecular formula is C7H7ClSn. The monoisotopic (exact) mass is 246 g/mol. The van der Waals surface area contributed by atoms with Gasteiger partial charge in [-0.05, 0) is 5.56 Å². The van der Waals surface area contributed by atoms with Gasteiger partial charge in [-0.3, -0.25) is 0 Å². The van der Waals surface area contributed by atoms with E-state index in [4.69, 9.17) is 11.6 Å². The van der Waals surface area contributed by atoms with Crippen molar-refractivity contribution >= 4 is 35.5 Å². The number of alkyl halides is 1. The molecule has 0 N–H and O–H groups in total. The van der Waals surface area contributed by atoms with Crippen LogP contribution in [0.25, 0.3) is 0 Å². The predicted octanol–water partition coefficient (Wildman–Crippen LogP) is 2.04. The van der Waals surface area contributed by atoms with Gasteiger partial charge < -0.3 is 0 Å². The summed E-state index contributed by atoms with van der Waals surface area (Å²) in [6.45, 7) is 0. The molecule has 0 aliphatic carbocycles. The van der Waals surface area contributed by atoms with E-state index >= 15 is 0 Å². The number of halogens is 1. The summed E-state index contributed by atoms with van der Waals surface area (Å²) in [5.41, 5.74) is 1.18. The summed E-state index contributed by atoms with van der Waals surface area (Å²) in [7, 11) is 0. The second-order valence-electron chi connectivity index (χ2n) is 1.62. The van der Waals surface area contributed by atoms with E-state index in [1.54, 1.807) is 0 Å². The first-order chi connectivity index (χ1) is 3.93. The maximum Gasteiger partial charge on any atom is 0.0474 e. The van der Waals surface area contributed by atoms with Gasteiger partial charge in [0.2, 0.25) is 0 Å². The van der Waals surface area contributed by atoms with Gasteiger partial charge in [-0.2, -0.15) is 0 Å². The van der Waals surface area contributed by atoms with E-state index in [1.165, 1.54) is 5.56 Å². The van der Waals surface area contributed by atoms with Crippen molar-refractivity contribution in [3.63, 3.8) is 0 Å². The third-order valence-electron chi connectivity index (χ3n) is 0.997. The van der Waals surface area contributed by atoms with Crippen LogP contribution in [0.1, 0.15) is 5.56 Å². The molecule has 0 atom stereocenters. The van der Waals surface area contributed by atoms with E-state index in [1.807, 2.05) is 30.3 Å². The molecule has 2 heteroatoms. The molecule has 0 aliphatic heterocycles. The van der Waals surface area contributed by atoms with Crippen LogP contribution in [0.5, 0.6) is 0 Å². The average molecular weight is 245 g/mol. The normalized spacial score (nSPS) is 8.11. The molecule has 4 radical (unpaired) electrons. The third-order valence-corrected chi connectivity index (χ3v) is 1.31. The van der Waals surface area contributed by atoms with Gasteiger partial charge in [-0.15, -0.1) is 11.6 Å². The molecule has 1 aromatic carbocycles. The Kier molecular flexibility index (Phi) is 5.30. The molecule has 0 spiro atoms. The molecule has 0 nitrogen and oxygen atoms in total. The quantitative estimate of drug-likeness (QED) is 0.525. The van der Waals surface area contributed by atoms with Crippen LogP contribution in [0.3, 0.4) is 0 Å². The Morgan fingerprint density at radius 1 is 1.11 bits per heavy atom.